The van der Waals surface area contributed by atoms with E-state index in [2.05, 4.69) is 10.2 Å². The fourth-order valence-electron chi connectivity index (χ4n) is 2.82. The number of rotatable bonds is 8. The summed E-state index contributed by atoms with van der Waals surface area (Å²) in [7, 11) is 0. The molecule has 0 heterocycles. The van der Waals surface area contributed by atoms with Crippen LogP contribution in [-0.4, -0.2) is 29.0 Å². The summed E-state index contributed by atoms with van der Waals surface area (Å²) in [5, 5.41) is 14.3. The molecule has 21 heavy (non-hydrogen) atoms. The van der Waals surface area contributed by atoms with Crippen LogP contribution in [0.3, 0.4) is 0 Å². The van der Waals surface area contributed by atoms with E-state index in [9.17, 15) is 10.1 Å². The second kappa shape index (κ2) is 6.02. The molecule has 0 radical (unpaired) electrons. The van der Waals surface area contributed by atoms with E-state index in [-0.39, 0.29) is 10.6 Å². The molecule has 1 N–H and O–H groups in total. The molecule has 2 aliphatic rings. The van der Waals surface area contributed by atoms with Crippen molar-refractivity contribution in [2.45, 2.75) is 45.2 Å². The molecule has 1 aromatic carbocycles. The van der Waals surface area contributed by atoms with E-state index in [0.29, 0.717) is 18.3 Å². The van der Waals surface area contributed by atoms with Crippen molar-refractivity contribution in [1.29, 1.82) is 0 Å². The van der Waals surface area contributed by atoms with Crippen molar-refractivity contribution in [3.05, 3.63) is 33.9 Å². The van der Waals surface area contributed by atoms with Crippen LogP contribution in [0.2, 0.25) is 0 Å². The van der Waals surface area contributed by atoms with E-state index in [0.717, 1.165) is 24.6 Å². The third kappa shape index (κ3) is 3.73. The Morgan fingerprint density at radius 3 is 2.67 bits per heavy atom. The van der Waals surface area contributed by atoms with E-state index in [1.54, 1.807) is 6.07 Å². The van der Waals surface area contributed by atoms with Gasteiger partial charge in [-0.15, -0.1) is 0 Å². The first-order chi connectivity index (χ1) is 10.2. The highest BCUT2D eigenvalue weighted by atomic mass is 16.6. The Hall–Kier alpha value is -1.62. The molecule has 0 amide bonds. The van der Waals surface area contributed by atoms with Gasteiger partial charge in [-0.05, 0) is 50.2 Å². The number of hydrogen-bond donors (Lipinski definition) is 1. The van der Waals surface area contributed by atoms with Gasteiger partial charge in [0.25, 0.3) is 5.69 Å². The van der Waals surface area contributed by atoms with Crippen LogP contribution in [-0.2, 0) is 6.54 Å². The lowest BCUT2D eigenvalue weighted by molar-refractivity contribution is -0.384. The monoisotopic (exact) mass is 289 g/mol. The van der Waals surface area contributed by atoms with Crippen LogP contribution in [0.25, 0.3) is 0 Å². The first-order valence-corrected chi connectivity index (χ1v) is 7.92. The van der Waals surface area contributed by atoms with Gasteiger partial charge in [-0.1, -0.05) is 6.07 Å². The number of anilines is 1. The number of nitro groups is 1. The van der Waals surface area contributed by atoms with E-state index in [1.165, 1.54) is 25.7 Å². The maximum absolute atomic E-state index is 11.2. The minimum atomic E-state index is -0.288. The van der Waals surface area contributed by atoms with Gasteiger partial charge in [0.2, 0.25) is 0 Å². The standard InChI is InChI=1S/C16H23N3O2/c1-2-17-15-8-5-13(9-16(15)19(20)21)11-18(14-6-7-14)10-12-3-4-12/h5,8-9,12,14,17H,2-4,6-7,10-11H2,1H3. The SMILES string of the molecule is CCNc1ccc(CN(CC2CC2)C2CC2)cc1[N+](=O)[O-]. The lowest BCUT2D eigenvalue weighted by Gasteiger charge is -2.22. The Labute approximate surface area is 125 Å². The van der Waals surface area contributed by atoms with Crippen molar-refractivity contribution in [2.75, 3.05) is 18.4 Å². The molecule has 0 saturated heterocycles. The summed E-state index contributed by atoms with van der Waals surface area (Å²) < 4.78 is 0. The molecule has 5 heteroatoms. The lowest BCUT2D eigenvalue weighted by atomic mass is 10.1. The summed E-state index contributed by atoms with van der Waals surface area (Å²) in [4.78, 5) is 13.5. The summed E-state index contributed by atoms with van der Waals surface area (Å²) >= 11 is 0. The van der Waals surface area contributed by atoms with Crippen molar-refractivity contribution in [2.24, 2.45) is 5.92 Å². The fourth-order valence-corrected chi connectivity index (χ4v) is 2.82. The fraction of sp³-hybridized carbons (Fsp3) is 0.625. The van der Waals surface area contributed by atoms with Crippen LogP contribution in [0, 0.1) is 16.0 Å². The molecule has 3 rings (SSSR count). The molecule has 5 nitrogen and oxygen atoms in total. The third-order valence-electron chi connectivity index (χ3n) is 4.26. The smallest absolute Gasteiger partial charge is 0.292 e. The van der Waals surface area contributed by atoms with E-state index >= 15 is 0 Å². The van der Waals surface area contributed by atoms with Gasteiger partial charge in [0, 0.05) is 31.7 Å². The number of benzene rings is 1. The highest BCUT2D eigenvalue weighted by Gasteiger charge is 2.33. The first-order valence-electron chi connectivity index (χ1n) is 7.92. The average Bonchev–Trinajstić information content (AvgIpc) is 3.33. The molecule has 0 spiro atoms. The predicted octanol–water partition coefficient (Wildman–Crippen LogP) is 3.40. The van der Waals surface area contributed by atoms with Gasteiger partial charge in [-0.25, -0.2) is 0 Å². The van der Waals surface area contributed by atoms with Gasteiger partial charge >= 0.3 is 0 Å². The second-order valence-corrected chi connectivity index (χ2v) is 6.24. The largest absolute Gasteiger partial charge is 0.380 e. The molecule has 1 aromatic rings. The summed E-state index contributed by atoms with van der Waals surface area (Å²) in [6.07, 6.45) is 5.26. The molecule has 2 saturated carbocycles. The van der Waals surface area contributed by atoms with Crippen molar-refractivity contribution in [3.8, 4) is 0 Å². The number of nitrogens with zero attached hydrogens (tertiary/aromatic N) is 2. The highest BCUT2D eigenvalue weighted by Crippen LogP contribution is 2.36. The van der Waals surface area contributed by atoms with Gasteiger partial charge in [-0.3, -0.25) is 15.0 Å². The number of nitro benzene ring substituents is 1. The quantitative estimate of drug-likeness (QED) is 0.588. The van der Waals surface area contributed by atoms with Crippen molar-refractivity contribution in [1.82, 2.24) is 4.90 Å². The average molecular weight is 289 g/mol. The van der Waals surface area contributed by atoms with Crippen LogP contribution in [0.15, 0.2) is 18.2 Å². The normalized spacial score (nSPS) is 18.0. The van der Waals surface area contributed by atoms with Crippen molar-refractivity contribution < 1.29 is 4.92 Å². The van der Waals surface area contributed by atoms with Gasteiger partial charge in [-0.2, -0.15) is 0 Å². The summed E-state index contributed by atoms with van der Waals surface area (Å²) in [6, 6.07) is 6.31. The zero-order valence-electron chi connectivity index (χ0n) is 12.5. The number of nitrogens with one attached hydrogen (secondary N) is 1. The first kappa shape index (κ1) is 14.3. The van der Waals surface area contributed by atoms with Crippen LogP contribution < -0.4 is 5.32 Å². The summed E-state index contributed by atoms with van der Waals surface area (Å²) in [5.74, 6) is 0.863. The van der Waals surface area contributed by atoms with Crippen molar-refractivity contribution in [3.63, 3.8) is 0 Å². The molecular formula is C16H23N3O2. The third-order valence-corrected chi connectivity index (χ3v) is 4.26. The zero-order valence-corrected chi connectivity index (χ0v) is 12.5. The van der Waals surface area contributed by atoms with Gasteiger partial charge in [0.05, 0.1) is 4.92 Å². The second-order valence-electron chi connectivity index (χ2n) is 6.24. The Balaban J connectivity index is 1.74. The van der Waals surface area contributed by atoms with Crippen LogP contribution in [0.5, 0.6) is 0 Å². The van der Waals surface area contributed by atoms with Crippen LogP contribution >= 0.6 is 0 Å². The van der Waals surface area contributed by atoms with Gasteiger partial charge < -0.3 is 5.32 Å². The van der Waals surface area contributed by atoms with Gasteiger partial charge in [0.15, 0.2) is 0 Å². The molecular weight excluding hydrogens is 266 g/mol. The van der Waals surface area contributed by atoms with E-state index in [1.807, 2.05) is 19.1 Å². The van der Waals surface area contributed by atoms with E-state index in [4.69, 9.17) is 0 Å². The van der Waals surface area contributed by atoms with Crippen LogP contribution in [0.1, 0.15) is 38.2 Å². The van der Waals surface area contributed by atoms with Gasteiger partial charge in [0.1, 0.15) is 5.69 Å². The predicted molar refractivity (Wildman–Crippen MR) is 83.4 cm³/mol. The summed E-state index contributed by atoms with van der Waals surface area (Å²) in [5.41, 5.74) is 1.86. The number of hydrogen-bond acceptors (Lipinski definition) is 4. The minimum Gasteiger partial charge on any atom is -0.380 e. The van der Waals surface area contributed by atoms with Crippen molar-refractivity contribution >= 4 is 11.4 Å². The molecule has 2 fully saturated rings. The highest BCUT2D eigenvalue weighted by molar-refractivity contribution is 5.62. The minimum absolute atomic E-state index is 0.191. The van der Waals surface area contributed by atoms with Crippen LogP contribution in [0.4, 0.5) is 11.4 Å². The molecule has 114 valence electrons. The summed E-state index contributed by atoms with van der Waals surface area (Å²) in [6.45, 7) is 4.64. The Kier molecular flexibility index (Phi) is 4.10. The molecule has 2 aliphatic carbocycles. The Morgan fingerprint density at radius 1 is 1.33 bits per heavy atom. The molecule has 0 aliphatic heterocycles. The van der Waals surface area contributed by atoms with E-state index < -0.39 is 0 Å². The molecule has 0 bridgehead atoms. The maximum atomic E-state index is 11.2. The molecule has 0 atom stereocenters. The topological polar surface area (TPSA) is 58.4 Å². The molecule has 0 aromatic heterocycles. The molecule has 0 unspecified atom stereocenters. The Morgan fingerprint density at radius 2 is 2.10 bits per heavy atom. The Bertz CT molecular complexity index is 524. The zero-order chi connectivity index (χ0) is 14.8. The maximum Gasteiger partial charge on any atom is 0.292 e. The lowest BCUT2D eigenvalue weighted by Crippen LogP contribution is -2.27.